The van der Waals surface area contributed by atoms with Crippen LogP contribution in [0.4, 0.5) is 4.39 Å². The summed E-state index contributed by atoms with van der Waals surface area (Å²) in [7, 11) is 1.58. The molecule has 1 rings (SSSR count). The summed E-state index contributed by atoms with van der Waals surface area (Å²) >= 11 is 0. The van der Waals surface area contributed by atoms with E-state index in [0.717, 1.165) is 0 Å². The first kappa shape index (κ1) is 11.4. The lowest BCUT2D eigenvalue weighted by Crippen LogP contribution is -2.49. The number of hydrogen-bond donors (Lipinski definition) is 2. The first-order valence-electron chi connectivity index (χ1n) is 4.68. The molecule has 0 bridgehead atoms. The number of carbonyl (C=O) groups is 1. The second kappa shape index (κ2) is 4.23. The average Bonchev–Trinajstić information content (AvgIpc) is 2.50. The molecule has 1 aliphatic heterocycles. The molecule has 0 radical (unpaired) electrons. The van der Waals surface area contributed by atoms with E-state index in [-0.39, 0.29) is 12.1 Å². The van der Waals surface area contributed by atoms with Crippen molar-refractivity contribution in [3.63, 3.8) is 0 Å². The zero-order chi connectivity index (χ0) is 10.8. The lowest BCUT2D eigenvalue weighted by molar-refractivity contribution is -0.132. The van der Waals surface area contributed by atoms with E-state index in [2.05, 4.69) is 10.6 Å². The summed E-state index contributed by atoms with van der Waals surface area (Å²) in [6, 6.07) is -0.137. The average molecular weight is 204 g/mol. The van der Waals surface area contributed by atoms with Crippen LogP contribution in [0.5, 0.6) is 0 Å². The Balaban J connectivity index is 2.48. The largest absolute Gasteiger partial charge is 0.378 e. The molecule has 2 atom stereocenters. The molecular weight excluding hydrogens is 187 g/mol. The Morgan fingerprint density at radius 1 is 1.57 bits per heavy atom. The van der Waals surface area contributed by atoms with Gasteiger partial charge in [0.2, 0.25) is 0 Å². The van der Waals surface area contributed by atoms with Gasteiger partial charge in [0.25, 0.3) is 5.91 Å². The quantitative estimate of drug-likeness (QED) is 0.671. The van der Waals surface area contributed by atoms with Gasteiger partial charge in [0, 0.05) is 20.2 Å². The van der Waals surface area contributed by atoms with Gasteiger partial charge in [-0.15, -0.1) is 0 Å². The minimum atomic E-state index is -1.83. The maximum atomic E-state index is 13.2. The normalized spacial score (nSPS) is 27.7. The maximum absolute atomic E-state index is 13.2. The van der Waals surface area contributed by atoms with Crippen LogP contribution in [0, 0.1) is 0 Å². The van der Waals surface area contributed by atoms with E-state index < -0.39 is 11.6 Å². The summed E-state index contributed by atoms with van der Waals surface area (Å²) in [6.07, 6.45) is -0.0682. The molecule has 0 aromatic heterocycles. The molecular formula is C9H17FN2O2. The van der Waals surface area contributed by atoms with Crippen LogP contribution in [0.2, 0.25) is 0 Å². The monoisotopic (exact) mass is 204 g/mol. The first-order valence-corrected chi connectivity index (χ1v) is 4.68. The predicted molar refractivity (Wildman–Crippen MR) is 50.8 cm³/mol. The summed E-state index contributed by atoms with van der Waals surface area (Å²) < 4.78 is 18.3. The Kier molecular flexibility index (Phi) is 3.44. The van der Waals surface area contributed by atoms with E-state index in [1.165, 1.54) is 13.8 Å². The molecule has 1 saturated heterocycles. The Labute approximate surface area is 83.2 Å². The van der Waals surface area contributed by atoms with Gasteiger partial charge in [-0.25, -0.2) is 4.39 Å². The summed E-state index contributed by atoms with van der Waals surface area (Å²) in [4.78, 5) is 11.3. The smallest absolute Gasteiger partial charge is 0.257 e. The second-order valence-electron chi connectivity index (χ2n) is 3.98. The minimum Gasteiger partial charge on any atom is -0.378 e. The summed E-state index contributed by atoms with van der Waals surface area (Å²) in [5, 5.41) is 5.69. The second-order valence-corrected chi connectivity index (χ2v) is 3.98. The molecule has 1 heterocycles. The number of ether oxygens (including phenoxy) is 1. The van der Waals surface area contributed by atoms with Gasteiger partial charge in [0.1, 0.15) is 0 Å². The van der Waals surface area contributed by atoms with Crippen LogP contribution in [-0.4, -0.2) is 43.9 Å². The van der Waals surface area contributed by atoms with Gasteiger partial charge >= 0.3 is 0 Å². The lowest BCUT2D eigenvalue weighted by atomic mass is 10.1. The molecule has 0 aliphatic carbocycles. The third-order valence-corrected chi connectivity index (χ3v) is 2.32. The molecule has 2 N–H and O–H groups in total. The van der Waals surface area contributed by atoms with Gasteiger partial charge in [0.05, 0.1) is 12.1 Å². The van der Waals surface area contributed by atoms with Gasteiger partial charge in [-0.05, 0) is 13.8 Å². The van der Waals surface area contributed by atoms with E-state index in [4.69, 9.17) is 4.74 Å². The van der Waals surface area contributed by atoms with Crippen molar-refractivity contribution in [2.75, 3.05) is 20.2 Å². The Hall–Kier alpha value is -0.680. The van der Waals surface area contributed by atoms with Crippen LogP contribution in [-0.2, 0) is 9.53 Å². The molecule has 14 heavy (non-hydrogen) atoms. The zero-order valence-electron chi connectivity index (χ0n) is 8.76. The number of hydrogen-bond acceptors (Lipinski definition) is 3. The van der Waals surface area contributed by atoms with Crippen LogP contribution in [0.15, 0.2) is 0 Å². The highest BCUT2D eigenvalue weighted by Crippen LogP contribution is 2.10. The van der Waals surface area contributed by atoms with Crippen LogP contribution < -0.4 is 10.6 Å². The molecule has 5 heteroatoms. The predicted octanol–water partition coefficient (Wildman–Crippen LogP) is -0.162. The summed E-state index contributed by atoms with van der Waals surface area (Å²) in [5.41, 5.74) is -1.83. The molecule has 0 aromatic carbocycles. The van der Waals surface area contributed by atoms with E-state index in [0.29, 0.717) is 13.1 Å². The number of nitrogens with one attached hydrogen (secondary N) is 2. The number of amides is 1. The van der Waals surface area contributed by atoms with Crippen molar-refractivity contribution in [3.8, 4) is 0 Å². The molecule has 1 unspecified atom stereocenters. The van der Waals surface area contributed by atoms with Crippen LogP contribution >= 0.6 is 0 Å². The van der Waals surface area contributed by atoms with Gasteiger partial charge in [-0.3, -0.25) is 4.79 Å². The van der Waals surface area contributed by atoms with E-state index in [9.17, 15) is 9.18 Å². The minimum absolute atomic E-state index is 0.0682. The van der Waals surface area contributed by atoms with Crippen LogP contribution in [0.25, 0.3) is 0 Å². The van der Waals surface area contributed by atoms with Crippen molar-refractivity contribution in [1.82, 2.24) is 10.6 Å². The molecule has 0 aromatic rings. The highest BCUT2D eigenvalue weighted by Gasteiger charge is 2.33. The Morgan fingerprint density at radius 2 is 2.21 bits per heavy atom. The number of rotatable bonds is 3. The van der Waals surface area contributed by atoms with Crippen molar-refractivity contribution < 1.29 is 13.9 Å². The van der Waals surface area contributed by atoms with E-state index >= 15 is 0 Å². The molecule has 0 saturated carbocycles. The Morgan fingerprint density at radius 3 is 2.71 bits per heavy atom. The fraction of sp³-hybridized carbons (Fsp3) is 0.889. The van der Waals surface area contributed by atoms with Gasteiger partial charge in [0.15, 0.2) is 5.67 Å². The van der Waals surface area contributed by atoms with Crippen molar-refractivity contribution in [3.05, 3.63) is 0 Å². The highest BCUT2D eigenvalue weighted by atomic mass is 19.1. The summed E-state index contributed by atoms with van der Waals surface area (Å²) in [6.45, 7) is 3.80. The molecule has 82 valence electrons. The van der Waals surface area contributed by atoms with E-state index in [1.807, 2.05) is 0 Å². The molecule has 1 aliphatic rings. The third-order valence-electron chi connectivity index (χ3n) is 2.32. The van der Waals surface area contributed by atoms with Crippen LogP contribution in [0.3, 0.4) is 0 Å². The first-order chi connectivity index (χ1) is 6.45. The molecule has 1 fully saturated rings. The van der Waals surface area contributed by atoms with Crippen LogP contribution in [0.1, 0.15) is 13.8 Å². The highest BCUT2D eigenvalue weighted by molar-refractivity contribution is 5.84. The van der Waals surface area contributed by atoms with Gasteiger partial charge in [-0.1, -0.05) is 0 Å². The third kappa shape index (κ3) is 2.65. The molecule has 4 nitrogen and oxygen atoms in total. The SMILES string of the molecule is CO[C@H]1CNCC1NC(=O)C(C)(C)F. The van der Waals surface area contributed by atoms with E-state index in [1.54, 1.807) is 7.11 Å². The molecule has 1 amide bonds. The zero-order valence-corrected chi connectivity index (χ0v) is 8.76. The number of alkyl halides is 1. The number of halogens is 1. The standard InChI is InChI=1S/C9H17FN2O2/c1-9(2,10)8(13)12-6-4-11-5-7(6)14-3/h6-7,11H,4-5H2,1-3H3,(H,12,13)/t6?,7-/m0/s1. The van der Waals surface area contributed by atoms with Crippen molar-refractivity contribution in [2.24, 2.45) is 0 Å². The van der Waals surface area contributed by atoms with Crippen molar-refractivity contribution >= 4 is 5.91 Å². The van der Waals surface area contributed by atoms with Crippen molar-refractivity contribution in [1.29, 1.82) is 0 Å². The molecule has 0 spiro atoms. The van der Waals surface area contributed by atoms with Crippen molar-refractivity contribution in [2.45, 2.75) is 31.7 Å². The lowest BCUT2D eigenvalue weighted by Gasteiger charge is -2.22. The Bertz CT molecular complexity index is 215. The summed E-state index contributed by atoms with van der Waals surface area (Å²) in [5.74, 6) is -0.590. The van der Waals surface area contributed by atoms with Gasteiger partial charge in [-0.2, -0.15) is 0 Å². The van der Waals surface area contributed by atoms with Gasteiger partial charge < -0.3 is 15.4 Å². The fourth-order valence-corrected chi connectivity index (χ4v) is 1.39. The fourth-order valence-electron chi connectivity index (χ4n) is 1.39. The topological polar surface area (TPSA) is 50.4 Å². The number of methoxy groups -OCH3 is 1. The number of carbonyl (C=O) groups excluding carboxylic acids is 1. The maximum Gasteiger partial charge on any atom is 0.257 e.